The fraction of sp³-hybridized carbons (Fsp3) is 0.500. The van der Waals surface area contributed by atoms with Gasteiger partial charge in [0.1, 0.15) is 6.10 Å². The van der Waals surface area contributed by atoms with Crippen molar-refractivity contribution < 1.29 is 14.3 Å². The molecule has 0 aromatic heterocycles. The number of carbonyl (C=O) groups excluding carboxylic acids is 2. The Kier molecular flexibility index (Phi) is 4.24. The molecule has 2 fully saturated rings. The highest BCUT2D eigenvalue weighted by Gasteiger charge is 2.40. The van der Waals surface area contributed by atoms with Crippen LogP contribution >= 0.6 is 0 Å². The van der Waals surface area contributed by atoms with Crippen LogP contribution in [0, 0.1) is 0 Å². The average Bonchev–Trinajstić information content (AvgIpc) is 2.88. The van der Waals surface area contributed by atoms with E-state index in [0.29, 0.717) is 19.4 Å². The molecule has 1 saturated heterocycles. The second-order valence-corrected chi connectivity index (χ2v) is 7.84. The van der Waals surface area contributed by atoms with Gasteiger partial charge >= 0.3 is 6.09 Å². The summed E-state index contributed by atoms with van der Waals surface area (Å²) in [5.74, 6) is 0.0759. The molecule has 2 atom stereocenters. The monoisotopic (exact) mass is 327 g/mol. The predicted molar refractivity (Wildman–Crippen MR) is 92.9 cm³/mol. The van der Waals surface area contributed by atoms with Gasteiger partial charge in [-0.3, -0.25) is 9.69 Å². The van der Waals surface area contributed by atoms with Gasteiger partial charge in [0.2, 0.25) is 0 Å². The van der Waals surface area contributed by atoms with Crippen LogP contribution in [0.1, 0.15) is 57.3 Å². The number of rotatable bonds is 2. The van der Waals surface area contributed by atoms with Crippen molar-refractivity contribution >= 4 is 11.9 Å². The van der Waals surface area contributed by atoms with E-state index >= 15 is 0 Å². The Morgan fingerprint density at radius 1 is 1.17 bits per heavy atom. The van der Waals surface area contributed by atoms with Crippen molar-refractivity contribution in [3.63, 3.8) is 0 Å². The summed E-state index contributed by atoms with van der Waals surface area (Å²) in [4.78, 5) is 26.1. The van der Waals surface area contributed by atoms with Crippen LogP contribution in [0.4, 0.5) is 4.79 Å². The zero-order chi connectivity index (χ0) is 17.5. The van der Waals surface area contributed by atoms with Crippen LogP contribution in [0.2, 0.25) is 0 Å². The van der Waals surface area contributed by atoms with Crippen molar-refractivity contribution in [1.29, 1.82) is 0 Å². The van der Waals surface area contributed by atoms with E-state index in [1.54, 1.807) is 4.90 Å². The standard InChI is InChI=1S/C20H25NO3/c1-13-5-10-16(17(22)11-13)21-12-18(24-19(21)23)14-6-8-15(9-7-14)20(2,3)4/h6-9,16,18H,1,5,10-12H2,2-4H3/t16?,18-/m0/s1. The summed E-state index contributed by atoms with van der Waals surface area (Å²) < 4.78 is 5.53. The summed E-state index contributed by atoms with van der Waals surface area (Å²) in [6.07, 6.45) is 1.14. The van der Waals surface area contributed by atoms with E-state index < -0.39 is 0 Å². The van der Waals surface area contributed by atoms with Gasteiger partial charge in [0, 0.05) is 6.42 Å². The van der Waals surface area contributed by atoms with Crippen molar-refractivity contribution in [2.45, 2.75) is 57.6 Å². The SMILES string of the molecule is C=C1CCC(N2C[C@@H](c3ccc(C(C)(C)C)cc3)OC2=O)C(=O)C1. The van der Waals surface area contributed by atoms with Crippen LogP contribution in [0.3, 0.4) is 0 Å². The van der Waals surface area contributed by atoms with Gasteiger partial charge in [-0.15, -0.1) is 0 Å². The zero-order valence-electron chi connectivity index (χ0n) is 14.7. The molecule has 3 rings (SSSR count). The van der Waals surface area contributed by atoms with Gasteiger partial charge in [0.05, 0.1) is 12.6 Å². The summed E-state index contributed by atoms with van der Waals surface area (Å²) >= 11 is 0. The highest BCUT2D eigenvalue weighted by Crippen LogP contribution is 2.33. The molecule has 0 spiro atoms. The number of allylic oxidation sites excluding steroid dienone is 1. The number of amides is 1. The predicted octanol–water partition coefficient (Wildman–Crippen LogP) is 4.16. The largest absolute Gasteiger partial charge is 0.439 e. The molecule has 1 aliphatic carbocycles. The molecular weight excluding hydrogens is 302 g/mol. The Bertz CT molecular complexity index is 669. The van der Waals surface area contributed by atoms with Crippen molar-refractivity contribution in [2.24, 2.45) is 0 Å². The molecule has 2 aliphatic rings. The van der Waals surface area contributed by atoms with Gasteiger partial charge in [0.15, 0.2) is 5.78 Å². The summed E-state index contributed by atoms with van der Waals surface area (Å²) in [5, 5.41) is 0. The van der Waals surface area contributed by atoms with Crippen molar-refractivity contribution in [2.75, 3.05) is 6.54 Å². The van der Waals surface area contributed by atoms with E-state index in [2.05, 4.69) is 39.5 Å². The van der Waals surface area contributed by atoms with Crippen LogP contribution in [-0.4, -0.2) is 29.4 Å². The molecule has 4 heteroatoms. The number of nitrogens with zero attached hydrogens (tertiary/aromatic N) is 1. The highest BCUT2D eigenvalue weighted by atomic mass is 16.6. The van der Waals surface area contributed by atoms with Crippen molar-refractivity contribution in [1.82, 2.24) is 4.90 Å². The van der Waals surface area contributed by atoms with Crippen molar-refractivity contribution in [3.8, 4) is 0 Å². The van der Waals surface area contributed by atoms with Crippen molar-refractivity contribution in [3.05, 3.63) is 47.5 Å². The minimum absolute atomic E-state index is 0.0759. The summed E-state index contributed by atoms with van der Waals surface area (Å²) in [5.41, 5.74) is 3.27. The number of Topliss-reactive ketones (excluding diaryl/α,β-unsaturated/α-hetero) is 1. The van der Waals surface area contributed by atoms with Crippen LogP contribution in [0.15, 0.2) is 36.4 Å². The molecule has 1 aromatic carbocycles. The molecule has 1 heterocycles. The van der Waals surface area contributed by atoms with Crippen LogP contribution in [0.25, 0.3) is 0 Å². The van der Waals surface area contributed by atoms with Gasteiger partial charge in [-0.1, -0.05) is 57.2 Å². The number of benzene rings is 1. The van der Waals surface area contributed by atoms with E-state index in [0.717, 1.165) is 17.6 Å². The number of carbonyl (C=O) groups is 2. The van der Waals surface area contributed by atoms with Crippen LogP contribution < -0.4 is 0 Å². The Balaban J connectivity index is 1.73. The highest BCUT2D eigenvalue weighted by molar-refractivity contribution is 5.90. The summed E-state index contributed by atoms with van der Waals surface area (Å²) in [6, 6.07) is 7.85. The Hall–Kier alpha value is -2.10. The lowest BCUT2D eigenvalue weighted by atomic mass is 9.86. The van der Waals surface area contributed by atoms with Gasteiger partial charge in [0.25, 0.3) is 0 Å². The maximum atomic E-state index is 12.2. The van der Waals surface area contributed by atoms with E-state index in [9.17, 15) is 9.59 Å². The lowest BCUT2D eigenvalue weighted by molar-refractivity contribution is -0.123. The molecule has 1 unspecified atom stereocenters. The number of hydrogen-bond acceptors (Lipinski definition) is 3. The number of ketones is 1. The molecule has 0 N–H and O–H groups in total. The Morgan fingerprint density at radius 3 is 2.42 bits per heavy atom. The third-order valence-corrected chi connectivity index (χ3v) is 4.93. The maximum absolute atomic E-state index is 12.2. The second kappa shape index (κ2) is 6.08. The first-order valence-corrected chi connectivity index (χ1v) is 8.53. The van der Waals surface area contributed by atoms with E-state index in [1.165, 1.54) is 5.56 Å². The fourth-order valence-electron chi connectivity index (χ4n) is 3.39. The molecule has 4 nitrogen and oxygen atoms in total. The van der Waals surface area contributed by atoms with Crippen LogP contribution in [0.5, 0.6) is 0 Å². The number of ether oxygens (including phenoxy) is 1. The van der Waals surface area contributed by atoms with Gasteiger partial charge in [-0.25, -0.2) is 4.79 Å². The molecule has 1 aromatic rings. The third kappa shape index (κ3) is 3.23. The molecule has 0 bridgehead atoms. The molecule has 0 radical (unpaired) electrons. The number of cyclic esters (lactones) is 1. The minimum Gasteiger partial charge on any atom is -0.439 e. The molecule has 1 saturated carbocycles. The lowest BCUT2D eigenvalue weighted by Crippen LogP contribution is -2.43. The molecule has 1 amide bonds. The van der Waals surface area contributed by atoms with E-state index in [4.69, 9.17) is 4.74 Å². The summed E-state index contributed by atoms with van der Waals surface area (Å²) in [7, 11) is 0. The second-order valence-electron chi connectivity index (χ2n) is 7.84. The molecule has 24 heavy (non-hydrogen) atoms. The first-order valence-electron chi connectivity index (χ1n) is 8.53. The Labute approximate surface area is 143 Å². The maximum Gasteiger partial charge on any atom is 0.411 e. The molecule has 128 valence electrons. The fourth-order valence-corrected chi connectivity index (χ4v) is 3.39. The van der Waals surface area contributed by atoms with Crippen LogP contribution in [-0.2, 0) is 14.9 Å². The lowest BCUT2D eigenvalue weighted by Gasteiger charge is -2.28. The van der Waals surface area contributed by atoms with E-state index in [1.807, 2.05) is 12.1 Å². The first kappa shape index (κ1) is 16.7. The molecular formula is C20H25NO3. The summed E-state index contributed by atoms with van der Waals surface area (Å²) in [6.45, 7) is 10.8. The smallest absolute Gasteiger partial charge is 0.411 e. The molecule has 1 aliphatic heterocycles. The Morgan fingerprint density at radius 2 is 1.83 bits per heavy atom. The third-order valence-electron chi connectivity index (χ3n) is 4.93. The average molecular weight is 327 g/mol. The normalized spacial score (nSPS) is 25.1. The van der Waals surface area contributed by atoms with E-state index in [-0.39, 0.29) is 29.4 Å². The van der Waals surface area contributed by atoms with Gasteiger partial charge in [-0.2, -0.15) is 0 Å². The number of hydrogen-bond donors (Lipinski definition) is 0. The quantitative estimate of drug-likeness (QED) is 0.766. The van der Waals surface area contributed by atoms with Gasteiger partial charge in [-0.05, 0) is 29.4 Å². The zero-order valence-corrected chi connectivity index (χ0v) is 14.7. The minimum atomic E-state index is -0.384. The first-order chi connectivity index (χ1) is 11.3. The topological polar surface area (TPSA) is 46.6 Å². The van der Waals surface area contributed by atoms with Gasteiger partial charge < -0.3 is 4.74 Å².